The van der Waals surface area contributed by atoms with E-state index in [1.54, 1.807) is 0 Å². The van der Waals surface area contributed by atoms with E-state index >= 15 is 0 Å². The molecule has 0 aliphatic heterocycles. The maximum absolute atomic E-state index is 2.64. The minimum Gasteiger partial charge on any atom is -0.224 e. The molecule has 0 amide bonds. The van der Waals surface area contributed by atoms with Gasteiger partial charge in [0, 0.05) is 13.8 Å². The lowest BCUT2D eigenvalue weighted by atomic mass is 9.94. The van der Waals surface area contributed by atoms with Gasteiger partial charge in [0.15, 0.2) is 0 Å². The Morgan fingerprint density at radius 1 is 0.808 bits per heavy atom. The number of para-hydroxylation sites is 1. The van der Waals surface area contributed by atoms with Gasteiger partial charge in [-0.25, -0.2) is 4.57 Å². The molecule has 1 fully saturated rings. The van der Waals surface area contributed by atoms with E-state index in [9.17, 15) is 0 Å². The van der Waals surface area contributed by atoms with Crippen molar-refractivity contribution in [1.29, 1.82) is 0 Å². The Morgan fingerprint density at radius 3 is 2.15 bits per heavy atom. The zero-order valence-electron chi connectivity index (χ0n) is 16.2. The molecular formula is C24H29N2+. The van der Waals surface area contributed by atoms with Crippen LogP contribution < -0.4 is 4.57 Å². The summed E-state index contributed by atoms with van der Waals surface area (Å²) in [5, 5.41) is 0. The van der Waals surface area contributed by atoms with Crippen molar-refractivity contribution in [3.8, 4) is 17.1 Å². The summed E-state index contributed by atoms with van der Waals surface area (Å²) in [6, 6.07) is 20.3. The summed E-state index contributed by atoms with van der Waals surface area (Å²) in [5.74, 6) is 1.34. The lowest BCUT2D eigenvalue weighted by molar-refractivity contribution is -0.720. The van der Waals surface area contributed by atoms with Crippen LogP contribution in [0.25, 0.3) is 17.1 Å². The van der Waals surface area contributed by atoms with Crippen LogP contribution in [0.2, 0.25) is 0 Å². The van der Waals surface area contributed by atoms with Gasteiger partial charge in [-0.3, -0.25) is 0 Å². The first-order chi connectivity index (χ1) is 12.7. The van der Waals surface area contributed by atoms with Crippen LogP contribution in [0.4, 0.5) is 0 Å². The largest absolute Gasteiger partial charge is 0.294 e. The van der Waals surface area contributed by atoms with E-state index in [0.29, 0.717) is 6.04 Å². The van der Waals surface area contributed by atoms with Crippen LogP contribution in [0.3, 0.4) is 0 Å². The molecule has 0 saturated heterocycles. The van der Waals surface area contributed by atoms with Gasteiger partial charge >= 0.3 is 0 Å². The van der Waals surface area contributed by atoms with Crippen LogP contribution in [-0.2, 0) is 0 Å². The monoisotopic (exact) mass is 345 g/mol. The van der Waals surface area contributed by atoms with E-state index in [2.05, 4.69) is 84.5 Å². The molecule has 1 aliphatic carbocycles. The van der Waals surface area contributed by atoms with Crippen LogP contribution in [0.15, 0.2) is 54.6 Å². The number of hydrogen-bond donors (Lipinski definition) is 0. The first-order valence-electron chi connectivity index (χ1n) is 9.93. The number of rotatable bonds is 3. The molecule has 2 aromatic carbocycles. The summed E-state index contributed by atoms with van der Waals surface area (Å²) in [4.78, 5) is 0. The highest BCUT2D eigenvalue weighted by Gasteiger charge is 2.33. The molecule has 1 aliphatic rings. The zero-order chi connectivity index (χ0) is 18.1. The number of imidazole rings is 1. The second-order valence-corrected chi connectivity index (χ2v) is 7.64. The minimum atomic E-state index is 0.614. The van der Waals surface area contributed by atoms with Gasteiger partial charge in [-0.15, -0.1) is 0 Å². The molecule has 2 heteroatoms. The number of aromatic nitrogens is 2. The van der Waals surface area contributed by atoms with Gasteiger partial charge in [-0.05, 0) is 56.4 Å². The van der Waals surface area contributed by atoms with Gasteiger partial charge in [0.2, 0.25) is 0 Å². The van der Waals surface area contributed by atoms with Crippen molar-refractivity contribution in [2.24, 2.45) is 0 Å². The summed E-state index contributed by atoms with van der Waals surface area (Å²) in [5.41, 5.74) is 6.67. The van der Waals surface area contributed by atoms with E-state index in [1.165, 1.54) is 66.1 Å². The first-order valence-corrected chi connectivity index (χ1v) is 9.93. The Bertz CT molecular complexity index is 899. The van der Waals surface area contributed by atoms with Crippen molar-refractivity contribution in [2.75, 3.05) is 0 Å². The van der Waals surface area contributed by atoms with Crippen LogP contribution in [0.1, 0.15) is 55.1 Å². The Morgan fingerprint density at radius 2 is 1.46 bits per heavy atom. The Labute approximate surface area is 157 Å². The van der Waals surface area contributed by atoms with Gasteiger partial charge < -0.3 is 0 Å². The molecule has 0 atom stereocenters. The van der Waals surface area contributed by atoms with Gasteiger partial charge in [-0.2, -0.15) is 4.57 Å². The number of benzene rings is 2. The second-order valence-electron chi connectivity index (χ2n) is 7.64. The van der Waals surface area contributed by atoms with Crippen molar-refractivity contribution < 1.29 is 4.57 Å². The fraction of sp³-hybridized carbons (Fsp3) is 0.375. The third-order valence-electron chi connectivity index (χ3n) is 5.99. The van der Waals surface area contributed by atoms with Crippen LogP contribution >= 0.6 is 0 Å². The lowest BCUT2D eigenvalue weighted by Gasteiger charge is -2.21. The summed E-state index contributed by atoms with van der Waals surface area (Å²) >= 11 is 0. The lowest BCUT2D eigenvalue weighted by Crippen LogP contribution is -2.44. The fourth-order valence-corrected chi connectivity index (χ4v) is 4.51. The highest BCUT2D eigenvalue weighted by atomic mass is 15.2. The van der Waals surface area contributed by atoms with Crippen molar-refractivity contribution in [3.05, 3.63) is 71.5 Å². The molecule has 0 radical (unpaired) electrons. The van der Waals surface area contributed by atoms with Gasteiger partial charge in [0.05, 0.1) is 5.56 Å². The van der Waals surface area contributed by atoms with Gasteiger partial charge in [0.25, 0.3) is 5.82 Å². The van der Waals surface area contributed by atoms with E-state index in [1.807, 2.05) is 0 Å². The maximum Gasteiger partial charge on any atom is 0.294 e. The predicted molar refractivity (Wildman–Crippen MR) is 108 cm³/mol. The van der Waals surface area contributed by atoms with Crippen LogP contribution in [0.5, 0.6) is 0 Å². The predicted octanol–water partition coefficient (Wildman–Crippen LogP) is 5.86. The zero-order valence-corrected chi connectivity index (χ0v) is 16.2. The first kappa shape index (κ1) is 17.1. The summed E-state index contributed by atoms with van der Waals surface area (Å²) in [7, 11) is 0. The standard InChI is InChI=1S/C24H29N2/c1-18-12-10-11-17-23(18)26-20(3)19(2)25(22-15-8-5-9-16-22)24(26)21-13-6-4-7-14-21/h4,6-7,10-14,17,22H,5,8-9,15-16H2,1-3H3/q+1. The molecule has 2 nitrogen and oxygen atoms in total. The molecule has 1 heterocycles. The molecule has 4 rings (SSSR count). The molecule has 1 saturated carbocycles. The third-order valence-corrected chi connectivity index (χ3v) is 5.99. The molecule has 0 unspecified atom stereocenters. The molecule has 0 spiro atoms. The molecule has 3 aromatic rings. The molecule has 0 bridgehead atoms. The Kier molecular flexibility index (Phi) is 4.67. The van der Waals surface area contributed by atoms with Crippen molar-refractivity contribution in [3.63, 3.8) is 0 Å². The molecule has 1 aromatic heterocycles. The topological polar surface area (TPSA) is 8.81 Å². The van der Waals surface area contributed by atoms with Crippen LogP contribution in [0, 0.1) is 20.8 Å². The average Bonchev–Trinajstić information content (AvgIpc) is 2.95. The fourth-order valence-electron chi connectivity index (χ4n) is 4.51. The second kappa shape index (κ2) is 7.11. The normalized spacial score (nSPS) is 15.3. The molecule has 26 heavy (non-hydrogen) atoms. The number of hydrogen-bond acceptors (Lipinski definition) is 0. The van der Waals surface area contributed by atoms with E-state index in [4.69, 9.17) is 0 Å². The van der Waals surface area contributed by atoms with Crippen molar-refractivity contribution >= 4 is 0 Å². The Balaban J connectivity index is 2.01. The van der Waals surface area contributed by atoms with Crippen molar-refractivity contribution in [1.82, 2.24) is 4.57 Å². The van der Waals surface area contributed by atoms with Gasteiger partial charge in [0.1, 0.15) is 23.1 Å². The Hall–Kier alpha value is -2.35. The molecule has 0 N–H and O–H groups in total. The minimum absolute atomic E-state index is 0.614. The summed E-state index contributed by atoms with van der Waals surface area (Å²) < 4.78 is 5.12. The van der Waals surface area contributed by atoms with E-state index < -0.39 is 0 Å². The third kappa shape index (κ3) is 2.88. The van der Waals surface area contributed by atoms with E-state index in [0.717, 1.165) is 0 Å². The molecule has 134 valence electrons. The van der Waals surface area contributed by atoms with Crippen molar-refractivity contribution in [2.45, 2.75) is 58.9 Å². The SMILES string of the molecule is Cc1ccccc1-n1c(C)c(C)[n+](C2CCCCC2)c1-c1ccccc1. The molecular weight excluding hydrogens is 316 g/mol. The van der Waals surface area contributed by atoms with E-state index in [-0.39, 0.29) is 0 Å². The average molecular weight is 346 g/mol. The maximum atomic E-state index is 2.64. The summed E-state index contributed by atoms with van der Waals surface area (Å²) in [6.07, 6.45) is 6.67. The number of aryl methyl sites for hydroxylation is 1. The smallest absolute Gasteiger partial charge is 0.224 e. The van der Waals surface area contributed by atoms with Crippen LogP contribution in [-0.4, -0.2) is 4.57 Å². The highest BCUT2D eigenvalue weighted by molar-refractivity contribution is 5.58. The highest BCUT2D eigenvalue weighted by Crippen LogP contribution is 2.32. The number of nitrogens with zero attached hydrogens (tertiary/aromatic N) is 2. The quantitative estimate of drug-likeness (QED) is 0.526. The summed E-state index contributed by atoms with van der Waals surface area (Å²) in [6.45, 7) is 6.78. The van der Waals surface area contributed by atoms with Gasteiger partial charge in [-0.1, -0.05) is 42.8 Å².